The largest absolute Gasteiger partial charge is 0.457 e. The van der Waals surface area contributed by atoms with E-state index >= 15 is 0 Å². The number of aryl methyl sites for hydroxylation is 2. The van der Waals surface area contributed by atoms with Crippen LogP contribution in [0.1, 0.15) is 11.4 Å². The molecule has 0 spiro atoms. The van der Waals surface area contributed by atoms with E-state index in [0.717, 1.165) is 17.1 Å². The van der Waals surface area contributed by atoms with Gasteiger partial charge in [0.05, 0.1) is 0 Å². The van der Waals surface area contributed by atoms with E-state index in [9.17, 15) is 4.79 Å². The lowest BCUT2D eigenvalue weighted by Crippen LogP contribution is -2.21. The molecule has 0 saturated heterocycles. The van der Waals surface area contributed by atoms with E-state index in [0.29, 0.717) is 11.4 Å². The fraction of sp³-hybridized carbons (Fsp3) is 0.105. The Morgan fingerprint density at radius 1 is 0.840 bits per heavy atom. The molecule has 6 heteroatoms. The Labute approximate surface area is 145 Å². The van der Waals surface area contributed by atoms with E-state index in [4.69, 9.17) is 4.74 Å². The van der Waals surface area contributed by atoms with Gasteiger partial charge in [0, 0.05) is 17.1 Å². The van der Waals surface area contributed by atoms with Crippen molar-refractivity contribution in [2.45, 2.75) is 13.8 Å². The topological polar surface area (TPSA) is 76.1 Å². The summed E-state index contributed by atoms with van der Waals surface area (Å²) in [7, 11) is 0. The molecule has 2 N–H and O–H groups in total. The molecule has 2 aromatic carbocycles. The molecule has 0 radical (unpaired) electrons. The predicted molar refractivity (Wildman–Crippen MR) is 97.1 cm³/mol. The van der Waals surface area contributed by atoms with Gasteiger partial charge in [-0.3, -0.25) is 5.32 Å². The summed E-state index contributed by atoms with van der Waals surface area (Å²) in [6.45, 7) is 3.70. The number of nitrogens with zero attached hydrogens (tertiary/aromatic N) is 2. The number of urea groups is 1. The quantitative estimate of drug-likeness (QED) is 0.735. The summed E-state index contributed by atoms with van der Waals surface area (Å²) in [6, 6.07) is 18.0. The molecule has 2 amide bonds. The zero-order valence-corrected chi connectivity index (χ0v) is 14.0. The molecular weight excluding hydrogens is 316 g/mol. The Morgan fingerprint density at radius 3 is 2.08 bits per heavy atom. The van der Waals surface area contributed by atoms with Gasteiger partial charge in [-0.25, -0.2) is 14.8 Å². The monoisotopic (exact) mass is 334 g/mol. The highest BCUT2D eigenvalue weighted by atomic mass is 16.5. The van der Waals surface area contributed by atoms with Crippen LogP contribution < -0.4 is 15.4 Å². The Bertz CT molecular complexity index is 844. The van der Waals surface area contributed by atoms with E-state index in [-0.39, 0.29) is 5.95 Å². The van der Waals surface area contributed by atoms with Crippen molar-refractivity contribution in [1.29, 1.82) is 0 Å². The Morgan fingerprint density at radius 2 is 1.44 bits per heavy atom. The maximum Gasteiger partial charge on any atom is 0.326 e. The summed E-state index contributed by atoms with van der Waals surface area (Å²) >= 11 is 0. The number of carbonyl (C=O) groups is 1. The van der Waals surface area contributed by atoms with Crippen molar-refractivity contribution in [1.82, 2.24) is 9.97 Å². The highest BCUT2D eigenvalue weighted by molar-refractivity contribution is 5.98. The van der Waals surface area contributed by atoms with Crippen molar-refractivity contribution < 1.29 is 9.53 Å². The summed E-state index contributed by atoms with van der Waals surface area (Å²) in [5, 5.41) is 5.36. The van der Waals surface area contributed by atoms with E-state index in [1.807, 2.05) is 50.2 Å². The average molecular weight is 334 g/mol. The smallest absolute Gasteiger partial charge is 0.326 e. The zero-order valence-electron chi connectivity index (χ0n) is 14.0. The number of benzene rings is 2. The Balaban J connectivity index is 1.60. The lowest BCUT2D eigenvalue weighted by Gasteiger charge is -2.09. The summed E-state index contributed by atoms with van der Waals surface area (Å²) in [6.07, 6.45) is 0. The number of nitrogens with one attached hydrogen (secondary N) is 2. The van der Waals surface area contributed by atoms with Gasteiger partial charge in [0.2, 0.25) is 5.95 Å². The minimum absolute atomic E-state index is 0.277. The minimum atomic E-state index is -0.401. The molecule has 25 heavy (non-hydrogen) atoms. The molecule has 0 aliphatic carbocycles. The molecule has 1 heterocycles. The van der Waals surface area contributed by atoms with Crippen LogP contribution in [0.4, 0.5) is 16.4 Å². The number of aromatic nitrogens is 2. The number of ether oxygens (including phenoxy) is 1. The number of hydrogen-bond donors (Lipinski definition) is 2. The van der Waals surface area contributed by atoms with Crippen molar-refractivity contribution in [3.63, 3.8) is 0 Å². The number of carbonyl (C=O) groups excluding carboxylic acids is 1. The first-order valence-corrected chi connectivity index (χ1v) is 7.82. The molecule has 0 atom stereocenters. The van der Waals surface area contributed by atoms with Crippen molar-refractivity contribution >= 4 is 17.7 Å². The summed E-state index contributed by atoms with van der Waals surface area (Å²) in [5.74, 6) is 1.72. The number of para-hydroxylation sites is 1. The third-order valence-electron chi connectivity index (χ3n) is 3.30. The zero-order chi connectivity index (χ0) is 17.6. The SMILES string of the molecule is Cc1cc(C)nc(NC(=O)Nc2ccc(Oc3ccccc3)cc2)n1. The van der Waals surface area contributed by atoms with Gasteiger partial charge in [0.1, 0.15) is 11.5 Å². The van der Waals surface area contributed by atoms with Gasteiger partial charge >= 0.3 is 6.03 Å². The lowest BCUT2D eigenvalue weighted by atomic mass is 10.3. The number of anilines is 2. The molecule has 0 fully saturated rings. The molecule has 1 aromatic heterocycles. The highest BCUT2D eigenvalue weighted by Crippen LogP contribution is 2.22. The van der Waals surface area contributed by atoms with Crippen molar-refractivity contribution in [2.75, 3.05) is 10.6 Å². The number of hydrogen-bond acceptors (Lipinski definition) is 4. The second-order valence-corrected chi connectivity index (χ2v) is 5.49. The summed E-state index contributed by atoms with van der Waals surface area (Å²) in [5.41, 5.74) is 2.23. The van der Waals surface area contributed by atoms with Crippen LogP contribution >= 0.6 is 0 Å². The third kappa shape index (κ3) is 4.78. The van der Waals surface area contributed by atoms with Crippen molar-refractivity contribution in [2.24, 2.45) is 0 Å². The molecule has 3 aromatic rings. The van der Waals surface area contributed by atoms with E-state index in [2.05, 4.69) is 20.6 Å². The average Bonchev–Trinajstić information content (AvgIpc) is 2.56. The van der Waals surface area contributed by atoms with Crippen LogP contribution in [0.5, 0.6) is 11.5 Å². The normalized spacial score (nSPS) is 10.2. The Hall–Kier alpha value is -3.41. The molecular formula is C19H18N4O2. The first-order valence-electron chi connectivity index (χ1n) is 7.82. The third-order valence-corrected chi connectivity index (χ3v) is 3.30. The Kier molecular flexibility index (Phi) is 4.89. The molecule has 3 rings (SSSR count). The van der Waals surface area contributed by atoms with Gasteiger partial charge in [0.15, 0.2) is 0 Å². The van der Waals surface area contributed by atoms with Gasteiger partial charge in [0.25, 0.3) is 0 Å². The van der Waals surface area contributed by atoms with Crippen LogP contribution in [0.2, 0.25) is 0 Å². The van der Waals surface area contributed by atoms with Crippen LogP contribution in [0.25, 0.3) is 0 Å². The van der Waals surface area contributed by atoms with Crippen molar-refractivity contribution in [3.8, 4) is 11.5 Å². The second-order valence-electron chi connectivity index (χ2n) is 5.49. The van der Waals surface area contributed by atoms with Gasteiger partial charge in [-0.15, -0.1) is 0 Å². The number of rotatable bonds is 4. The van der Waals surface area contributed by atoms with E-state index < -0.39 is 6.03 Å². The molecule has 0 saturated carbocycles. The van der Waals surface area contributed by atoms with Crippen LogP contribution in [-0.2, 0) is 0 Å². The standard InChI is InChI=1S/C19H18N4O2/c1-13-12-14(2)21-18(20-13)23-19(24)22-15-8-10-17(11-9-15)25-16-6-4-3-5-7-16/h3-12H,1-2H3,(H2,20,21,22,23,24). The maximum absolute atomic E-state index is 12.0. The lowest BCUT2D eigenvalue weighted by molar-refractivity contribution is 0.262. The predicted octanol–water partition coefficient (Wildman–Crippen LogP) is 4.53. The molecule has 0 aliphatic heterocycles. The number of amides is 2. The summed E-state index contributed by atoms with van der Waals surface area (Å²) < 4.78 is 5.71. The fourth-order valence-corrected chi connectivity index (χ4v) is 2.28. The van der Waals surface area contributed by atoms with Gasteiger partial charge in [-0.1, -0.05) is 18.2 Å². The van der Waals surface area contributed by atoms with Crippen LogP contribution in [-0.4, -0.2) is 16.0 Å². The molecule has 6 nitrogen and oxygen atoms in total. The van der Waals surface area contributed by atoms with E-state index in [1.54, 1.807) is 24.3 Å². The fourth-order valence-electron chi connectivity index (χ4n) is 2.28. The van der Waals surface area contributed by atoms with Crippen LogP contribution in [0.3, 0.4) is 0 Å². The van der Waals surface area contributed by atoms with Crippen LogP contribution in [0.15, 0.2) is 60.7 Å². The first kappa shape index (κ1) is 16.4. The maximum atomic E-state index is 12.0. The molecule has 0 bridgehead atoms. The van der Waals surface area contributed by atoms with Gasteiger partial charge in [-0.05, 0) is 56.3 Å². The van der Waals surface area contributed by atoms with Crippen LogP contribution in [0, 0.1) is 13.8 Å². The summed E-state index contributed by atoms with van der Waals surface area (Å²) in [4.78, 5) is 20.4. The minimum Gasteiger partial charge on any atom is -0.457 e. The second kappa shape index (κ2) is 7.44. The van der Waals surface area contributed by atoms with Crippen molar-refractivity contribution in [3.05, 3.63) is 72.1 Å². The van der Waals surface area contributed by atoms with Gasteiger partial charge < -0.3 is 10.1 Å². The molecule has 0 unspecified atom stereocenters. The first-order chi connectivity index (χ1) is 12.1. The highest BCUT2D eigenvalue weighted by Gasteiger charge is 2.06. The molecule has 126 valence electrons. The van der Waals surface area contributed by atoms with E-state index in [1.165, 1.54) is 0 Å². The molecule has 0 aliphatic rings. The van der Waals surface area contributed by atoms with Gasteiger partial charge in [-0.2, -0.15) is 0 Å².